The Hall–Kier alpha value is -1.26. The minimum Gasteiger partial charge on any atom is -0.491 e. The molecule has 0 aromatic heterocycles. The minimum atomic E-state index is -0.773. The number of nitrogens with zero attached hydrogens (tertiary/aromatic N) is 1. The Kier molecular flexibility index (Phi) is 6.67. The highest BCUT2D eigenvalue weighted by Gasteiger charge is 2.15. The summed E-state index contributed by atoms with van der Waals surface area (Å²) in [5.41, 5.74) is 0. The Morgan fingerprint density at radius 2 is 2.16 bits per heavy atom. The van der Waals surface area contributed by atoms with Crippen LogP contribution in [0.4, 0.5) is 0 Å². The van der Waals surface area contributed by atoms with Crippen LogP contribution < -0.4 is 4.74 Å². The molecule has 1 aromatic carbocycles. The smallest absolute Gasteiger partial charge is 0.307 e. The van der Waals surface area contributed by atoms with E-state index in [0.717, 1.165) is 6.54 Å². The van der Waals surface area contributed by atoms with E-state index in [-0.39, 0.29) is 5.92 Å². The Bertz CT molecular complexity index is 411. The second kappa shape index (κ2) is 8.02. The van der Waals surface area contributed by atoms with E-state index < -0.39 is 5.97 Å². The Labute approximate surface area is 118 Å². The number of carboxylic acids is 1. The number of hydrogen-bond donors (Lipinski definition) is 1. The van der Waals surface area contributed by atoms with Crippen LogP contribution in [0.3, 0.4) is 0 Å². The van der Waals surface area contributed by atoms with Crippen molar-refractivity contribution in [3.8, 4) is 5.75 Å². The first-order chi connectivity index (χ1) is 9.04. The highest BCUT2D eigenvalue weighted by atomic mass is 35.5. The second-order valence-electron chi connectivity index (χ2n) is 4.41. The standard InChI is InChI=1S/C14H20ClNO3/c1-3-16(10-11(2)14(17)18)8-9-19-13-7-5-4-6-12(13)15/h4-7,11H,3,8-10H2,1-2H3,(H,17,18). The normalized spacial score (nSPS) is 12.4. The van der Waals surface area contributed by atoms with Gasteiger partial charge in [0, 0.05) is 13.1 Å². The van der Waals surface area contributed by atoms with Crippen molar-refractivity contribution in [2.45, 2.75) is 13.8 Å². The molecule has 1 rings (SSSR count). The van der Waals surface area contributed by atoms with E-state index in [4.69, 9.17) is 21.4 Å². The van der Waals surface area contributed by atoms with Gasteiger partial charge >= 0.3 is 5.97 Å². The quantitative estimate of drug-likeness (QED) is 0.798. The third-order valence-corrected chi connectivity index (χ3v) is 3.21. The van der Waals surface area contributed by atoms with E-state index in [0.29, 0.717) is 30.5 Å². The van der Waals surface area contributed by atoms with Gasteiger partial charge in [0.1, 0.15) is 12.4 Å². The summed E-state index contributed by atoms with van der Waals surface area (Å²) >= 11 is 5.98. The Morgan fingerprint density at radius 3 is 2.74 bits per heavy atom. The topological polar surface area (TPSA) is 49.8 Å². The zero-order valence-corrected chi connectivity index (χ0v) is 12.1. The predicted octanol–water partition coefficient (Wildman–Crippen LogP) is 2.76. The molecule has 1 N–H and O–H groups in total. The number of rotatable bonds is 8. The summed E-state index contributed by atoms with van der Waals surface area (Å²) in [7, 11) is 0. The lowest BCUT2D eigenvalue weighted by Crippen LogP contribution is -2.34. The van der Waals surface area contributed by atoms with Gasteiger partial charge in [-0.05, 0) is 18.7 Å². The van der Waals surface area contributed by atoms with E-state index >= 15 is 0 Å². The molecule has 0 saturated heterocycles. The van der Waals surface area contributed by atoms with Gasteiger partial charge in [-0.3, -0.25) is 9.69 Å². The van der Waals surface area contributed by atoms with Crippen LogP contribution in [-0.4, -0.2) is 42.2 Å². The van der Waals surface area contributed by atoms with E-state index in [1.807, 2.05) is 25.1 Å². The molecule has 1 aromatic rings. The van der Waals surface area contributed by atoms with Gasteiger partial charge in [0.2, 0.25) is 0 Å². The van der Waals surface area contributed by atoms with Crippen LogP contribution in [-0.2, 0) is 4.79 Å². The van der Waals surface area contributed by atoms with Crippen LogP contribution >= 0.6 is 11.6 Å². The van der Waals surface area contributed by atoms with E-state index in [9.17, 15) is 4.79 Å². The largest absolute Gasteiger partial charge is 0.491 e. The van der Waals surface area contributed by atoms with Crippen LogP contribution in [0.2, 0.25) is 5.02 Å². The molecule has 0 aliphatic heterocycles. The highest BCUT2D eigenvalue weighted by Crippen LogP contribution is 2.22. The van der Waals surface area contributed by atoms with Crippen molar-refractivity contribution in [2.75, 3.05) is 26.2 Å². The van der Waals surface area contributed by atoms with Crippen LogP contribution in [0.5, 0.6) is 5.75 Å². The van der Waals surface area contributed by atoms with Crippen molar-refractivity contribution in [1.29, 1.82) is 0 Å². The lowest BCUT2D eigenvalue weighted by Gasteiger charge is -2.22. The first-order valence-corrected chi connectivity index (χ1v) is 6.74. The fourth-order valence-electron chi connectivity index (χ4n) is 1.69. The number of hydrogen-bond acceptors (Lipinski definition) is 3. The number of aliphatic carboxylic acids is 1. The van der Waals surface area contributed by atoms with Gasteiger partial charge in [-0.2, -0.15) is 0 Å². The second-order valence-corrected chi connectivity index (χ2v) is 4.82. The third kappa shape index (κ3) is 5.49. The lowest BCUT2D eigenvalue weighted by molar-refractivity contribution is -0.141. The fraction of sp³-hybridized carbons (Fsp3) is 0.500. The molecule has 19 heavy (non-hydrogen) atoms. The first-order valence-electron chi connectivity index (χ1n) is 6.37. The van der Waals surface area contributed by atoms with Crippen molar-refractivity contribution in [3.05, 3.63) is 29.3 Å². The molecule has 4 nitrogen and oxygen atoms in total. The number of ether oxygens (including phenoxy) is 1. The number of benzene rings is 1. The van der Waals surface area contributed by atoms with Crippen molar-refractivity contribution < 1.29 is 14.6 Å². The van der Waals surface area contributed by atoms with Crippen molar-refractivity contribution in [1.82, 2.24) is 4.90 Å². The van der Waals surface area contributed by atoms with Gasteiger partial charge in [-0.25, -0.2) is 0 Å². The molecule has 0 spiro atoms. The average molecular weight is 286 g/mol. The maximum Gasteiger partial charge on any atom is 0.307 e. The molecule has 0 radical (unpaired) electrons. The zero-order chi connectivity index (χ0) is 14.3. The molecule has 106 valence electrons. The molecular weight excluding hydrogens is 266 g/mol. The predicted molar refractivity (Wildman–Crippen MR) is 75.9 cm³/mol. The summed E-state index contributed by atoms with van der Waals surface area (Å²) in [6, 6.07) is 7.31. The number of halogens is 1. The molecule has 1 atom stereocenters. The average Bonchev–Trinajstić information content (AvgIpc) is 2.39. The van der Waals surface area contributed by atoms with Gasteiger partial charge in [-0.15, -0.1) is 0 Å². The zero-order valence-electron chi connectivity index (χ0n) is 11.3. The summed E-state index contributed by atoms with van der Waals surface area (Å²) in [5, 5.41) is 9.48. The molecule has 5 heteroatoms. The molecule has 0 aliphatic carbocycles. The van der Waals surface area contributed by atoms with E-state index in [1.165, 1.54) is 0 Å². The van der Waals surface area contributed by atoms with E-state index in [2.05, 4.69) is 4.90 Å². The maximum atomic E-state index is 10.8. The lowest BCUT2D eigenvalue weighted by atomic mass is 10.2. The maximum absolute atomic E-state index is 10.8. The van der Waals surface area contributed by atoms with Gasteiger partial charge < -0.3 is 9.84 Å². The van der Waals surface area contributed by atoms with Gasteiger partial charge in [-0.1, -0.05) is 37.6 Å². The molecule has 0 bridgehead atoms. The summed E-state index contributed by atoms with van der Waals surface area (Å²) in [4.78, 5) is 12.9. The van der Waals surface area contributed by atoms with Crippen LogP contribution in [0.25, 0.3) is 0 Å². The van der Waals surface area contributed by atoms with Gasteiger partial charge in [0.25, 0.3) is 0 Å². The van der Waals surface area contributed by atoms with Crippen molar-refractivity contribution >= 4 is 17.6 Å². The number of likely N-dealkylation sites (N-methyl/N-ethyl adjacent to an activating group) is 1. The summed E-state index contributed by atoms with van der Waals surface area (Å²) in [6.45, 7) is 6.20. The molecule has 0 aliphatic rings. The Morgan fingerprint density at radius 1 is 1.47 bits per heavy atom. The molecule has 1 unspecified atom stereocenters. The molecular formula is C14H20ClNO3. The van der Waals surface area contributed by atoms with Crippen molar-refractivity contribution in [2.24, 2.45) is 5.92 Å². The minimum absolute atomic E-state index is 0.375. The summed E-state index contributed by atoms with van der Waals surface area (Å²) in [6.07, 6.45) is 0. The Balaban J connectivity index is 2.38. The number of carboxylic acid groups (broad SMARTS) is 1. The monoisotopic (exact) mass is 285 g/mol. The van der Waals surface area contributed by atoms with Crippen LogP contribution in [0.1, 0.15) is 13.8 Å². The first kappa shape index (κ1) is 15.8. The van der Waals surface area contributed by atoms with Crippen LogP contribution in [0, 0.1) is 5.92 Å². The molecule has 0 saturated carbocycles. The number of carbonyl (C=O) groups is 1. The highest BCUT2D eigenvalue weighted by molar-refractivity contribution is 6.32. The van der Waals surface area contributed by atoms with E-state index in [1.54, 1.807) is 13.0 Å². The summed E-state index contributed by atoms with van der Waals surface area (Å²) in [5.74, 6) is -0.489. The van der Waals surface area contributed by atoms with Crippen LogP contribution in [0.15, 0.2) is 24.3 Å². The third-order valence-electron chi connectivity index (χ3n) is 2.90. The summed E-state index contributed by atoms with van der Waals surface area (Å²) < 4.78 is 5.59. The fourth-order valence-corrected chi connectivity index (χ4v) is 1.88. The van der Waals surface area contributed by atoms with Crippen molar-refractivity contribution in [3.63, 3.8) is 0 Å². The molecule has 0 fully saturated rings. The van der Waals surface area contributed by atoms with Gasteiger partial charge in [0.15, 0.2) is 0 Å². The molecule has 0 amide bonds. The number of para-hydroxylation sites is 1. The van der Waals surface area contributed by atoms with Gasteiger partial charge in [0.05, 0.1) is 10.9 Å². The molecule has 0 heterocycles. The SMILES string of the molecule is CCN(CCOc1ccccc1Cl)CC(C)C(=O)O.